The molecular formula is C30H38O6. The van der Waals surface area contributed by atoms with Crippen molar-refractivity contribution in [3.63, 3.8) is 0 Å². The molecule has 0 radical (unpaired) electrons. The van der Waals surface area contributed by atoms with E-state index in [1.54, 1.807) is 12.3 Å². The van der Waals surface area contributed by atoms with Crippen LogP contribution in [0.5, 0.6) is 0 Å². The molecule has 1 aromatic rings. The maximum absolute atomic E-state index is 13.2. The molecular weight excluding hydrogens is 456 g/mol. The lowest BCUT2D eigenvalue weighted by molar-refractivity contribution is -0.237. The summed E-state index contributed by atoms with van der Waals surface area (Å²) >= 11 is 0. The highest BCUT2D eigenvalue weighted by Crippen LogP contribution is 2.73. The van der Waals surface area contributed by atoms with Crippen LogP contribution < -0.4 is 0 Å². The normalized spacial score (nSPS) is 42.6. The minimum Gasteiger partial charge on any atom is -0.472 e. The molecule has 0 saturated heterocycles. The van der Waals surface area contributed by atoms with E-state index in [-0.39, 0.29) is 29.0 Å². The highest BCUT2D eigenvalue weighted by Gasteiger charge is 2.72. The van der Waals surface area contributed by atoms with Crippen molar-refractivity contribution >= 4 is 17.7 Å². The fraction of sp³-hybridized carbons (Fsp3) is 0.633. The molecule has 6 heteroatoms. The van der Waals surface area contributed by atoms with E-state index < -0.39 is 40.4 Å². The van der Waals surface area contributed by atoms with Gasteiger partial charge >= 0.3 is 11.9 Å². The van der Waals surface area contributed by atoms with Crippen LogP contribution in [0.3, 0.4) is 0 Å². The van der Waals surface area contributed by atoms with Gasteiger partial charge in [-0.25, -0.2) is 0 Å². The molecule has 0 bridgehead atoms. The van der Waals surface area contributed by atoms with Crippen LogP contribution in [0.25, 0.3) is 0 Å². The van der Waals surface area contributed by atoms with Gasteiger partial charge in [0.05, 0.1) is 12.5 Å². The Morgan fingerprint density at radius 1 is 1.06 bits per heavy atom. The number of carbonyl (C=O) groups is 3. The maximum Gasteiger partial charge on any atom is 0.303 e. The standard InChI is InChI=1S/C30H38O6/c1-17(31)35-24-25-27(3,4)23(33)11-14-29(25,6)22-10-13-28(5)20(19-12-15-34-16-19)8-9-21(28)30(22,7)26(24)36-18(2)32/h9,11-12,14-16,20,22,24-26H,8,10,13H2,1-7H3/t20-,22-,24-,25+,26+,28+,29+,30-/m0/s1. The van der Waals surface area contributed by atoms with Gasteiger partial charge in [0.25, 0.3) is 0 Å². The maximum atomic E-state index is 13.2. The number of rotatable bonds is 3. The smallest absolute Gasteiger partial charge is 0.303 e. The van der Waals surface area contributed by atoms with E-state index in [4.69, 9.17) is 13.9 Å². The lowest BCUT2D eigenvalue weighted by Gasteiger charge is -2.67. The molecule has 5 rings (SSSR count). The first-order valence-electron chi connectivity index (χ1n) is 13.1. The second kappa shape index (κ2) is 7.93. The number of ketones is 1. The molecule has 1 aromatic heterocycles. The van der Waals surface area contributed by atoms with Crippen molar-refractivity contribution in [1.29, 1.82) is 0 Å². The average Bonchev–Trinajstić information content (AvgIpc) is 3.41. The molecule has 0 spiro atoms. The Hall–Kier alpha value is -2.63. The van der Waals surface area contributed by atoms with Crippen LogP contribution in [0, 0.1) is 33.5 Å². The zero-order valence-electron chi connectivity index (χ0n) is 22.4. The van der Waals surface area contributed by atoms with Gasteiger partial charge in [-0.3, -0.25) is 14.4 Å². The predicted molar refractivity (Wildman–Crippen MR) is 134 cm³/mol. The van der Waals surface area contributed by atoms with Crippen LogP contribution in [-0.4, -0.2) is 29.9 Å². The molecule has 2 saturated carbocycles. The quantitative estimate of drug-likeness (QED) is 0.391. The Kier molecular flexibility index (Phi) is 5.52. The van der Waals surface area contributed by atoms with E-state index in [9.17, 15) is 14.4 Å². The van der Waals surface area contributed by atoms with Gasteiger partial charge in [-0.05, 0) is 59.6 Å². The number of hydrogen-bond donors (Lipinski definition) is 0. The zero-order valence-corrected chi connectivity index (χ0v) is 22.4. The number of furan rings is 1. The molecule has 4 aliphatic rings. The predicted octanol–water partition coefficient (Wildman–Crippen LogP) is 5.78. The molecule has 0 unspecified atom stereocenters. The van der Waals surface area contributed by atoms with E-state index in [2.05, 4.69) is 32.9 Å². The van der Waals surface area contributed by atoms with Crippen LogP contribution in [0.15, 0.2) is 46.8 Å². The van der Waals surface area contributed by atoms with Crippen LogP contribution >= 0.6 is 0 Å². The first kappa shape index (κ1) is 25.0. The average molecular weight is 495 g/mol. The number of hydrogen-bond acceptors (Lipinski definition) is 6. The molecule has 1 heterocycles. The summed E-state index contributed by atoms with van der Waals surface area (Å²) < 4.78 is 17.7. The Labute approximate surface area is 213 Å². The summed E-state index contributed by atoms with van der Waals surface area (Å²) in [6.07, 6.45) is 11.0. The highest BCUT2D eigenvalue weighted by atomic mass is 16.6. The first-order chi connectivity index (χ1) is 16.8. The fourth-order valence-corrected chi connectivity index (χ4v) is 9.09. The third-order valence-corrected chi connectivity index (χ3v) is 10.4. The number of carbonyl (C=O) groups excluding carboxylic acids is 3. The second-order valence-corrected chi connectivity index (χ2v) is 12.6. The van der Waals surface area contributed by atoms with Crippen LogP contribution in [0.4, 0.5) is 0 Å². The van der Waals surface area contributed by atoms with Gasteiger partial charge in [0, 0.05) is 30.6 Å². The molecule has 0 aliphatic heterocycles. The minimum atomic E-state index is -0.784. The summed E-state index contributed by atoms with van der Waals surface area (Å²) in [7, 11) is 0. The van der Waals surface area contributed by atoms with Gasteiger partial charge in [-0.15, -0.1) is 0 Å². The Morgan fingerprint density at radius 3 is 2.36 bits per heavy atom. The molecule has 6 nitrogen and oxygen atoms in total. The zero-order chi connectivity index (χ0) is 26.3. The lowest BCUT2D eigenvalue weighted by Crippen LogP contribution is -2.70. The molecule has 2 fully saturated rings. The number of esters is 2. The van der Waals surface area contributed by atoms with Crippen molar-refractivity contribution < 1.29 is 28.3 Å². The van der Waals surface area contributed by atoms with E-state index in [1.807, 2.05) is 26.2 Å². The fourth-order valence-electron chi connectivity index (χ4n) is 9.09. The van der Waals surface area contributed by atoms with Gasteiger partial charge < -0.3 is 13.9 Å². The summed E-state index contributed by atoms with van der Waals surface area (Å²) in [5, 5.41) is 0. The van der Waals surface area contributed by atoms with Gasteiger partial charge in [0.1, 0.15) is 12.2 Å². The monoisotopic (exact) mass is 494 g/mol. The second-order valence-electron chi connectivity index (χ2n) is 12.6. The Morgan fingerprint density at radius 2 is 1.75 bits per heavy atom. The Balaban J connectivity index is 1.73. The number of ether oxygens (including phenoxy) is 2. The Bertz CT molecular complexity index is 1160. The van der Waals surface area contributed by atoms with Crippen molar-refractivity contribution in [2.24, 2.45) is 33.5 Å². The van der Waals surface area contributed by atoms with Crippen LogP contribution in [0.1, 0.15) is 79.2 Å². The van der Waals surface area contributed by atoms with Crippen molar-refractivity contribution in [3.05, 3.63) is 48.0 Å². The van der Waals surface area contributed by atoms with E-state index in [0.29, 0.717) is 0 Å². The van der Waals surface area contributed by atoms with E-state index in [0.717, 1.165) is 19.3 Å². The first-order valence-corrected chi connectivity index (χ1v) is 13.1. The van der Waals surface area contributed by atoms with Crippen molar-refractivity contribution in [1.82, 2.24) is 0 Å². The molecule has 0 amide bonds. The van der Waals surface area contributed by atoms with Gasteiger partial charge in [0.2, 0.25) is 0 Å². The molecule has 0 aromatic carbocycles. The van der Waals surface area contributed by atoms with Gasteiger partial charge in [-0.2, -0.15) is 0 Å². The summed E-state index contributed by atoms with van der Waals surface area (Å²) in [5.74, 6) is -0.808. The molecule has 0 N–H and O–H groups in total. The van der Waals surface area contributed by atoms with Crippen LogP contribution in [0.2, 0.25) is 0 Å². The molecule has 194 valence electrons. The molecule has 36 heavy (non-hydrogen) atoms. The minimum absolute atomic E-state index is 0.00746. The van der Waals surface area contributed by atoms with Crippen molar-refractivity contribution in [2.45, 2.75) is 85.9 Å². The van der Waals surface area contributed by atoms with E-state index in [1.165, 1.54) is 25.0 Å². The topological polar surface area (TPSA) is 82.8 Å². The van der Waals surface area contributed by atoms with Gasteiger partial charge in [0.15, 0.2) is 5.78 Å². The summed E-state index contributed by atoms with van der Waals surface area (Å²) in [6, 6.07) is 2.04. The number of fused-ring (bicyclic) bond motifs is 5. The largest absolute Gasteiger partial charge is 0.472 e. The SMILES string of the molecule is CC(=O)O[C@H]1[C@@H]2C(C)(C)C(=O)C=C[C@]2(C)[C@@H]2CC[C@@]3(C)C(=CC[C@H]3c3ccoc3)[C@]2(C)[C@@H]1OC(C)=O. The molecule has 4 aliphatic carbocycles. The third-order valence-electron chi connectivity index (χ3n) is 10.4. The summed E-state index contributed by atoms with van der Waals surface area (Å²) in [5.41, 5.74) is 0.496. The highest BCUT2D eigenvalue weighted by molar-refractivity contribution is 5.96. The van der Waals surface area contributed by atoms with Crippen molar-refractivity contribution in [3.8, 4) is 0 Å². The van der Waals surface area contributed by atoms with Crippen LogP contribution in [-0.2, 0) is 23.9 Å². The lowest BCUT2D eigenvalue weighted by atomic mass is 9.37. The van der Waals surface area contributed by atoms with Gasteiger partial charge in [-0.1, -0.05) is 52.3 Å². The third kappa shape index (κ3) is 3.18. The van der Waals surface area contributed by atoms with E-state index >= 15 is 0 Å². The molecule has 8 atom stereocenters. The summed E-state index contributed by atoms with van der Waals surface area (Å²) in [6.45, 7) is 13.4. The van der Waals surface area contributed by atoms with Crippen molar-refractivity contribution in [2.75, 3.05) is 0 Å². The number of allylic oxidation sites excluding steroid dienone is 3. The summed E-state index contributed by atoms with van der Waals surface area (Å²) in [4.78, 5) is 38.2.